The van der Waals surface area contributed by atoms with Crippen LogP contribution in [0.1, 0.15) is 12.8 Å². The first kappa shape index (κ1) is 11.7. The van der Waals surface area contributed by atoms with E-state index in [4.69, 9.17) is 23.2 Å². The molecule has 2 nitrogen and oxygen atoms in total. The van der Waals surface area contributed by atoms with E-state index in [9.17, 15) is 0 Å². The van der Waals surface area contributed by atoms with E-state index in [0.29, 0.717) is 11.8 Å². The van der Waals surface area contributed by atoms with Crippen molar-refractivity contribution in [1.29, 1.82) is 0 Å². The Labute approximate surface area is 82.7 Å². The molecule has 0 aromatic rings. The van der Waals surface area contributed by atoms with Crippen molar-refractivity contribution in [3.05, 3.63) is 24.7 Å². The van der Waals surface area contributed by atoms with E-state index in [0.717, 1.165) is 12.8 Å². The van der Waals surface area contributed by atoms with Crippen molar-refractivity contribution < 1.29 is 9.78 Å². The molecule has 0 radical (unpaired) electrons. The summed E-state index contributed by atoms with van der Waals surface area (Å²) in [6, 6.07) is 0. The largest absolute Gasteiger partial charge is 0.299 e. The second kappa shape index (κ2) is 10.7. The minimum Gasteiger partial charge on any atom is -0.299 e. The highest BCUT2D eigenvalue weighted by Crippen LogP contribution is 1.91. The Morgan fingerprint density at radius 1 is 0.833 bits per heavy atom. The lowest BCUT2D eigenvalue weighted by Gasteiger charge is -1.93. The van der Waals surface area contributed by atoms with Gasteiger partial charge in [0.25, 0.3) is 0 Å². The van der Waals surface area contributed by atoms with E-state index in [2.05, 4.69) is 9.78 Å². The third-order valence-corrected chi connectivity index (χ3v) is 1.35. The van der Waals surface area contributed by atoms with Gasteiger partial charge in [-0.15, -0.1) is 23.2 Å². The van der Waals surface area contributed by atoms with Crippen LogP contribution in [0.5, 0.6) is 0 Å². The zero-order valence-corrected chi connectivity index (χ0v) is 8.22. The van der Waals surface area contributed by atoms with Gasteiger partial charge in [0.1, 0.15) is 12.5 Å². The maximum absolute atomic E-state index is 5.41. The second-order valence-electron chi connectivity index (χ2n) is 1.89. The van der Waals surface area contributed by atoms with E-state index < -0.39 is 0 Å². The van der Waals surface area contributed by atoms with Crippen LogP contribution < -0.4 is 0 Å². The van der Waals surface area contributed by atoms with E-state index in [-0.39, 0.29) is 0 Å². The molecule has 0 N–H and O–H groups in total. The average molecular weight is 211 g/mol. The standard InChI is InChI=1S/C8H12Cl2O2/c9-5-1-3-7-11-12-8-4-2-6-10/h3-4,7-8H,1-2,5-6H2. The summed E-state index contributed by atoms with van der Waals surface area (Å²) in [5.74, 6) is 1.17. The van der Waals surface area contributed by atoms with Crippen molar-refractivity contribution in [3.63, 3.8) is 0 Å². The molecule has 12 heavy (non-hydrogen) atoms. The number of halogens is 2. The number of hydrogen-bond acceptors (Lipinski definition) is 2. The highest BCUT2D eigenvalue weighted by Gasteiger charge is 1.77. The molecule has 0 bridgehead atoms. The Hall–Kier alpha value is -0.340. The summed E-state index contributed by atoms with van der Waals surface area (Å²) >= 11 is 10.8. The van der Waals surface area contributed by atoms with E-state index in [1.807, 2.05) is 0 Å². The molecule has 0 heterocycles. The van der Waals surface area contributed by atoms with Crippen molar-refractivity contribution >= 4 is 23.2 Å². The highest BCUT2D eigenvalue weighted by atomic mass is 35.5. The molecule has 0 aromatic heterocycles. The third-order valence-electron chi connectivity index (χ3n) is 0.911. The van der Waals surface area contributed by atoms with Crippen LogP contribution in [-0.2, 0) is 9.78 Å². The first-order valence-electron chi connectivity index (χ1n) is 3.66. The zero-order chi connectivity index (χ0) is 9.07. The van der Waals surface area contributed by atoms with Crippen LogP contribution in [0.15, 0.2) is 24.7 Å². The molecule has 0 fully saturated rings. The second-order valence-corrected chi connectivity index (χ2v) is 2.65. The fourth-order valence-electron chi connectivity index (χ4n) is 0.405. The molecule has 4 heteroatoms. The van der Waals surface area contributed by atoms with Crippen molar-refractivity contribution in [1.82, 2.24) is 0 Å². The molecule has 0 saturated heterocycles. The SMILES string of the molecule is ClCCC=COOC=CCCCl. The van der Waals surface area contributed by atoms with E-state index in [1.165, 1.54) is 12.5 Å². The molecule has 0 unspecified atom stereocenters. The van der Waals surface area contributed by atoms with Crippen LogP contribution in [0.4, 0.5) is 0 Å². The molecule has 70 valence electrons. The van der Waals surface area contributed by atoms with Gasteiger partial charge in [0.15, 0.2) is 0 Å². The predicted octanol–water partition coefficient (Wildman–Crippen LogP) is 3.22. The normalized spacial score (nSPS) is 11.2. The first-order chi connectivity index (χ1) is 5.91. The van der Waals surface area contributed by atoms with Gasteiger partial charge in [-0.2, -0.15) is 0 Å². The van der Waals surface area contributed by atoms with E-state index in [1.54, 1.807) is 12.2 Å². The Morgan fingerprint density at radius 3 is 1.58 bits per heavy atom. The molecule has 0 aliphatic carbocycles. The number of alkyl halides is 2. The minimum atomic E-state index is 0.585. The van der Waals surface area contributed by atoms with Crippen LogP contribution in [0.3, 0.4) is 0 Å². The van der Waals surface area contributed by atoms with Crippen molar-refractivity contribution in [2.45, 2.75) is 12.8 Å². The minimum absolute atomic E-state index is 0.585. The van der Waals surface area contributed by atoms with Gasteiger partial charge in [0, 0.05) is 11.8 Å². The average Bonchev–Trinajstić information content (AvgIpc) is 2.10. The lowest BCUT2D eigenvalue weighted by Crippen LogP contribution is -1.77. The summed E-state index contributed by atoms with van der Waals surface area (Å²) in [5.41, 5.74) is 0. The summed E-state index contributed by atoms with van der Waals surface area (Å²) in [6.07, 6.45) is 8.01. The molecule has 0 aliphatic heterocycles. The van der Waals surface area contributed by atoms with Gasteiger partial charge in [-0.25, -0.2) is 0 Å². The summed E-state index contributed by atoms with van der Waals surface area (Å²) in [5, 5.41) is 0. The zero-order valence-electron chi connectivity index (χ0n) is 6.71. The van der Waals surface area contributed by atoms with Crippen molar-refractivity contribution in [3.8, 4) is 0 Å². The lowest BCUT2D eigenvalue weighted by molar-refractivity contribution is -0.196. The topological polar surface area (TPSA) is 18.5 Å². The number of rotatable bonds is 7. The molecule has 0 aromatic carbocycles. The predicted molar refractivity (Wildman–Crippen MR) is 51.1 cm³/mol. The summed E-state index contributed by atoms with van der Waals surface area (Å²) in [4.78, 5) is 9.23. The van der Waals surface area contributed by atoms with Crippen LogP contribution in [-0.4, -0.2) is 11.8 Å². The fourth-order valence-corrected chi connectivity index (χ4v) is 0.657. The maximum atomic E-state index is 5.41. The Bertz CT molecular complexity index is 119. The Kier molecular flexibility index (Phi) is 10.4. The van der Waals surface area contributed by atoms with Crippen LogP contribution in [0, 0.1) is 0 Å². The van der Waals surface area contributed by atoms with Gasteiger partial charge in [-0.05, 0) is 25.0 Å². The van der Waals surface area contributed by atoms with Gasteiger partial charge in [0.2, 0.25) is 0 Å². The van der Waals surface area contributed by atoms with Gasteiger partial charge < -0.3 is 0 Å². The number of hydrogen-bond donors (Lipinski definition) is 0. The fraction of sp³-hybridized carbons (Fsp3) is 0.500. The van der Waals surface area contributed by atoms with E-state index >= 15 is 0 Å². The number of allylic oxidation sites excluding steroid dienone is 2. The van der Waals surface area contributed by atoms with Crippen molar-refractivity contribution in [2.75, 3.05) is 11.8 Å². The molecule has 0 rings (SSSR count). The van der Waals surface area contributed by atoms with Gasteiger partial charge in [-0.3, -0.25) is 9.78 Å². The Morgan fingerprint density at radius 2 is 1.25 bits per heavy atom. The summed E-state index contributed by atoms with van der Waals surface area (Å²) < 4.78 is 0. The van der Waals surface area contributed by atoms with Crippen LogP contribution >= 0.6 is 23.2 Å². The monoisotopic (exact) mass is 210 g/mol. The molecule has 0 aliphatic rings. The molecule has 0 spiro atoms. The van der Waals surface area contributed by atoms with Gasteiger partial charge >= 0.3 is 0 Å². The molecule has 0 atom stereocenters. The van der Waals surface area contributed by atoms with Crippen LogP contribution in [0.2, 0.25) is 0 Å². The third kappa shape index (κ3) is 9.66. The van der Waals surface area contributed by atoms with Gasteiger partial charge in [-0.1, -0.05) is 0 Å². The smallest absolute Gasteiger partial charge is 0.138 e. The molecular formula is C8H12Cl2O2. The molecule has 0 saturated carbocycles. The highest BCUT2D eigenvalue weighted by molar-refractivity contribution is 6.18. The molecule has 0 amide bonds. The Balaban J connectivity index is 3.09. The lowest BCUT2D eigenvalue weighted by atomic mass is 10.5. The van der Waals surface area contributed by atoms with Crippen molar-refractivity contribution in [2.24, 2.45) is 0 Å². The summed E-state index contributed by atoms with van der Waals surface area (Å²) in [7, 11) is 0. The van der Waals surface area contributed by atoms with Crippen LogP contribution in [0.25, 0.3) is 0 Å². The first-order valence-corrected chi connectivity index (χ1v) is 4.72. The van der Waals surface area contributed by atoms with Gasteiger partial charge in [0.05, 0.1) is 0 Å². The summed E-state index contributed by atoms with van der Waals surface area (Å²) in [6.45, 7) is 0. The molecular weight excluding hydrogens is 199 g/mol. The quantitative estimate of drug-likeness (QED) is 0.211. The maximum Gasteiger partial charge on any atom is 0.138 e.